The average Bonchev–Trinajstić information content (AvgIpc) is 2.14. The van der Waals surface area contributed by atoms with Crippen molar-refractivity contribution in [3.05, 3.63) is 28.8 Å². The first-order valence-corrected chi connectivity index (χ1v) is 4.93. The molecule has 0 spiro atoms. The highest BCUT2D eigenvalue weighted by Gasteiger charge is 2.33. The van der Waals surface area contributed by atoms with E-state index in [0.29, 0.717) is 6.54 Å². The summed E-state index contributed by atoms with van der Waals surface area (Å²) in [6, 6.07) is 3.72. The molecule has 0 bridgehead atoms. The number of nitrogens with one attached hydrogen (secondary N) is 1. The van der Waals surface area contributed by atoms with E-state index in [-0.39, 0.29) is 10.7 Å². The first-order chi connectivity index (χ1) is 6.95. The van der Waals surface area contributed by atoms with E-state index in [2.05, 4.69) is 5.32 Å². The van der Waals surface area contributed by atoms with Crippen molar-refractivity contribution in [1.29, 1.82) is 0 Å². The molecule has 0 saturated carbocycles. The molecule has 0 aliphatic carbocycles. The Balaban J connectivity index is 3.04. The van der Waals surface area contributed by atoms with E-state index in [9.17, 15) is 13.2 Å². The fraction of sp³-hybridized carbons (Fsp3) is 0.400. The second-order valence-corrected chi connectivity index (χ2v) is 3.55. The summed E-state index contributed by atoms with van der Waals surface area (Å²) in [5.41, 5.74) is -0.641. The predicted molar refractivity (Wildman–Crippen MR) is 55.2 cm³/mol. The smallest absolute Gasteiger partial charge is 0.385 e. The van der Waals surface area contributed by atoms with Crippen molar-refractivity contribution in [2.75, 3.05) is 11.9 Å². The number of alkyl halides is 3. The number of rotatable bonds is 3. The van der Waals surface area contributed by atoms with E-state index < -0.39 is 11.7 Å². The van der Waals surface area contributed by atoms with E-state index >= 15 is 0 Å². The molecular weight excluding hydrogens is 227 g/mol. The summed E-state index contributed by atoms with van der Waals surface area (Å²) in [6.07, 6.45) is -3.61. The second-order valence-electron chi connectivity index (χ2n) is 3.11. The summed E-state index contributed by atoms with van der Waals surface area (Å²) in [5.74, 6) is 0. The van der Waals surface area contributed by atoms with Crippen molar-refractivity contribution < 1.29 is 13.2 Å². The Morgan fingerprint density at radius 1 is 1.33 bits per heavy atom. The van der Waals surface area contributed by atoms with E-state index in [1.807, 2.05) is 6.92 Å². The van der Waals surface area contributed by atoms with Crippen LogP contribution in [0.15, 0.2) is 18.2 Å². The number of anilines is 1. The Morgan fingerprint density at radius 2 is 2.00 bits per heavy atom. The Bertz CT molecular complexity index is 336. The molecule has 1 aromatic carbocycles. The van der Waals surface area contributed by atoms with Crippen LogP contribution < -0.4 is 5.32 Å². The minimum atomic E-state index is -4.37. The van der Waals surface area contributed by atoms with Crippen molar-refractivity contribution in [3.8, 4) is 0 Å². The number of hydrogen-bond acceptors (Lipinski definition) is 1. The minimum Gasteiger partial charge on any atom is -0.385 e. The Hall–Kier alpha value is -0.900. The van der Waals surface area contributed by atoms with Crippen LogP contribution in [0.4, 0.5) is 18.9 Å². The average molecular weight is 238 g/mol. The van der Waals surface area contributed by atoms with Gasteiger partial charge in [-0.1, -0.05) is 18.5 Å². The molecule has 0 aliphatic rings. The van der Waals surface area contributed by atoms with Crippen LogP contribution in [0.5, 0.6) is 0 Å². The zero-order valence-electron chi connectivity index (χ0n) is 8.16. The van der Waals surface area contributed by atoms with Crippen LogP contribution in [0.2, 0.25) is 5.02 Å². The maximum atomic E-state index is 12.6. The summed E-state index contributed by atoms with van der Waals surface area (Å²) in [5, 5.41) is 2.81. The molecule has 0 radical (unpaired) electrons. The van der Waals surface area contributed by atoms with Gasteiger partial charge in [0.1, 0.15) is 0 Å². The van der Waals surface area contributed by atoms with Gasteiger partial charge in [0.2, 0.25) is 0 Å². The van der Waals surface area contributed by atoms with Crippen molar-refractivity contribution in [2.45, 2.75) is 19.5 Å². The zero-order valence-corrected chi connectivity index (χ0v) is 8.91. The fourth-order valence-electron chi connectivity index (χ4n) is 1.16. The highest BCUT2D eigenvalue weighted by Crippen LogP contribution is 2.36. The monoisotopic (exact) mass is 237 g/mol. The van der Waals surface area contributed by atoms with Gasteiger partial charge in [-0.2, -0.15) is 13.2 Å². The van der Waals surface area contributed by atoms with Crippen LogP contribution in [0, 0.1) is 0 Å². The molecular formula is C10H11ClF3N. The lowest BCUT2D eigenvalue weighted by molar-refractivity contribution is -0.136. The Morgan fingerprint density at radius 3 is 2.53 bits per heavy atom. The third kappa shape index (κ3) is 3.30. The number of hydrogen-bond donors (Lipinski definition) is 1. The van der Waals surface area contributed by atoms with E-state index in [1.165, 1.54) is 12.1 Å². The summed E-state index contributed by atoms with van der Waals surface area (Å²) >= 11 is 5.53. The van der Waals surface area contributed by atoms with E-state index in [4.69, 9.17) is 11.6 Å². The molecule has 0 atom stereocenters. The molecule has 1 nitrogen and oxygen atoms in total. The molecule has 0 amide bonds. The molecule has 0 unspecified atom stereocenters. The van der Waals surface area contributed by atoms with Crippen molar-refractivity contribution >= 4 is 17.3 Å². The first kappa shape index (κ1) is 12.2. The van der Waals surface area contributed by atoms with Crippen molar-refractivity contribution in [2.24, 2.45) is 0 Å². The van der Waals surface area contributed by atoms with Crippen molar-refractivity contribution in [3.63, 3.8) is 0 Å². The fourth-order valence-corrected chi connectivity index (χ4v) is 1.34. The van der Waals surface area contributed by atoms with Crippen LogP contribution in [-0.2, 0) is 6.18 Å². The van der Waals surface area contributed by atoms with E-state index in [0.717, 1.165) is 12.5 Å². The van der Waals surface area contributed by atoms with Gasteiger partial charge in [0, 0.05) is 17.3 Å². The van der Waals surface area contributed by atoms with Gasteiger partial charge in [0.15, 0.2) is 0 Å². The molecule has 84 valence electrons. The Kier molecular flexibility index (Phi) is 3.85. The lowest BCUT2D eigenvalue weighted by atomic mass is 10.1. The molecule has 1 rings (SSSR count). The van der Waals surface area contributed by atoms with Gasteiger partial charge in [-0.15, -0.1) is 0 Å². The van der Waals surface area contributed by atoms with E-state index in [1.54, 1.807) is 0 Å². The Labute approximate surface area is 91.2 Å². The summed E-state index contributed by atoms with van der Waals surface area (Å²) < 4.78 is 37.7. The third-order valence-corrected chi connectivity index (χ3v) is 2.09. The molecule has 15 heavy (non-hydrogen) atoms. The van der Waals surface area contributed by atoms with Gasteiger partial charge >= 0.3 is 6.18 Å². The molecule has 1 aromatic rings. The van der Waals surface area contributed by atoms with Crippen LogP contribution in [0.1, 0.15) is 18.9 Å². The summed E-state index contributed by atoms with van der Waals surface area (Å²) in [6.45, 7) is 2.39. The number of benzene rings is 1. The molecule has 0 aliphatic heterocycles. The normalized spacial score (nSPS) is 11.5. The maximum Gasteiger partial charge on any atom is 0.418 e. The number of halogens is 4. The zero-order chi connectivity index (χ0) is 11.5. The SMILES string of the molecule is CCCNc1ccc(Cl)cc1C(F)(F)F. The first-order valence-electron chi connectivity index (χ1n) is 4.55. The largest absolute Gasteiger partial charge is 0.418 e. The summed E-state index contributed by atoms with van der Waals surface area (Å²) in [4.78, 5) is 0. The lowest BCUT2D eigenvalue weighted by Crippen LogP contribution is -2.11. The topological polar surface area (TPSA) is 12.0 Å². The predicted octanol–water partition coefficient (Wildman–Crippen LogP) is 4.18. The van der Waals surface area contributed by atoms with Crippen LogP contribution in [0.25, 0.3) is 0 Å². The highest BCUT2D eigenvalue weighted by atomic mass is 35.5. The van der Waals surface area contributed by atoms with Gasteiger partial charge in [-0.3, -0.25) is 0 Å². The molecule has 0 saturated heterocycles. The highest BCUT2D eigenvalue weighted by molar-refractivity contribution is 6.30. The van der Waals surface area contributed by atoms with Gasteiger partial charge in [0.25, 0.3) is 0 Å². The molecule has 0 aromatic heterocycles. The molecule has 1 N–H and O–H groups in total. The van der Waals surface area contributed by atoms with Crippen molar-refractivity contribution in [1.82, 2.24) is 0 Å². The minimum absolute atomic E-state index is 0.0775. The second kappa shape index (κ2) is 4.75. The van der Waals surface area contributed by atoms with Gasteiger partial charge in [0.05, 0.1) is 5.56 Å². The lowest BCUT2D eigenvalue weighted by Gasteiger charge is -2.14. The van der Waals surface area contributed by atoms with Crippen LogP contribution >= 0.6 is 11.6 Å². The van der Waals surface area contributed by atoms with Crippen LogP contribution in [-0.4, -0.2) is 6.54 Å². The standard InChI is InChI=1S/C10H11ClF3N/c1-2-5-15-9-4-3-7(11)6-8(9)10(12,13)14/h3-4,6,15H,2,5H2,1H3. The maximum absolute atomic E-state index is 12.6. The molecule has 5 heteroatoms. The van der Waals surface area contributed by atoms with Gasteiger partial charge < -0.3 is 5.32 Å². The quantitative estimate of drug-likeness (QED) is 0.832. The molecule has 0 heterocycles. The van der Waals surface area contributed by atoms with Crippen LogP contribution in [0.3, 0.4) is 0 Å². The van der Waals surface area contributed by atoms with Gasteiger partial charge in [-0.05, 0) is 24.6 Å². The van der Waals surface area contributed by atoms with Gasteiger partial charge in [-0.25, -0.2) is 0 Å². The molecule has 0 fully saturated rings. The summed E-state index contributed by atoms with van der Waals surface area (Å²) in [7, 11) is 0. The third-order valence-electron chi connectivity index (χ3n) is 1.85.